The number of nitrogens with zero attached hydrogens (tertiary/aromatic N) is 1. The van der Waals surface area contributed by atoms with Crippen LogP contribution in [0.15, 0.2) is 18.2 Å². The Hall–Kier alpha value is -1.55. The van der Waals surface area contributed by atoms with Gasteiger partial charge in [-0.15, -0.1) is 0 Å². The lowest BCUT2D eigenvalue weighted by Gasteiger charge is -2.23. The fourth-order valence-electron chi connectivity index (χ4n) is 2.23. The summed E-state index contributed by atoms with van der Waals surface area (Å²) in [5.41, 5.74) is 2.59. The maximum Gasteiger partial charge on any atom is 0.211 e. The predicted octanol–water partition coefficient (Wildman–Crippen LogP) is 1.52. The van der Waals surface area contributed by atoms with Gasteiger partial charge in [-0.25, -0.2) is 0 Å². The van der Waals surface area contributed by atoms with Crippen LogP contribution in [0.3, 0.4) is 0 Å². The molecule has 0 bridgehead atoms. The predicted molar refractivity (Wildman–Crippen MR) is 63.6 cm³/mol. The Balaban J connectivity index is 2.51. The van der Waals surface area contributed by atoms with E-state index in [2.05, 4.69) is 10.2 Å². The SMILES string of the molecule is CN1CCCC(O)c2cccc(NC=O)c21. The molecule has 4 heteroatoms. The maximum absolute atomic E-state index is 10.5. The van der Waals surface area contributed by atoms with Gasteiger partial charge in [0, 0.05) is 19.2 Å². The molecule has 2 rings (SSSR count). The Morgan fingerprint density at radius 1 is 1.56 bits per heavy atom. The van der Waals surface area contributed by atoms with Crippen LogP contribution in [-0.4, -0.2) is 25.1 Å². The van der Waals surface area contributed by atoms with Crippen LogP contribution >= 0.6 is 0 Å². The molecular formula is C12H16N2O2. The van der Waals surface area contributed by atoms with Crippen LogP contribution in [0.2, 0.25) is 0 Å². The zero-order valence-corrected chi connectivity index (χ0v) is 9.31. The Kier molecular flexibility index (Phi) is 3.10. The van der Waals surface area contributed by atoms with Crippen molar-refractivity contribution in [3.05, 3.63) is 23.8 Å². The minimum atomic E-state index is -0.437. The normalized spacial score (nSPS) is 19.9. The van der Waals surface area contributed by atoms with Crippen LogP contribution in [0.4, 0.5) is 11.4 Å². The lowest BCUT2D eigenvalue weighted by atomic mass is 10.0. The monoisotopic (exact) mass is 220 g/mol. The summed E-state index contributed by atoms with van der Waals surface area (Å²) < 4.78 is 0. The molecule has 0 aliphatic carbocycles. The largest absolute Gasteiger partial charge is 0.388 e. The molecule has 0 aromatic heterocycles. The van der Waals surface area contributed by atoms with Gasteiger partial charge in [0.05, 0.1) is 17.5 Å². The molecule has 0 saturated heterocycles. The second-order valence-corrected chi connectivity index (χ2v) is 4.09. The number of para-hydroxylation sites is 1. The zero-order valence-electron chi connectivity index (χ0n) is 9.31. The zero-order chi connectivity index (χ0) is 11.5. The third-order valence-corrected chi connectivity index (χ3v) is 2.99. The van der Waals surface area contributed by atoms with Crippen LogP contribution in [0, 0.1) is 0 Å². The highest BCUT2D eigenvalue weighted by Crippen LogP contribution is 2.37. The van der Waals surface area contributed by atoms with E-state index in [0.717, 1.165) is 36.3 Å². The van der Waals surface area contributed by atoms with Crippen LogP contribution in [0.25, 0.3) is 0 Å². The van der Waals surface area contributed by atoms with Crippen molar-refractivity contribution in [3.63, 3.8) is 0 Å². The summed E-state index contributed by atoms with van der Waals surface area (Å²) in [6.07, 6.45) is 1.95. The van der Waals surface area contributed by atoms with Crippen molar-refractivity contribution in [3.8, 4) is 0 Å². The molecule has 0 saturated carbocycles. The van der Waals surface area contributed by atoms with Crippen LogP contribution < -0.4 is 10.2 Å². The highest BCUT2D eigenvalue weighted by molar-refractivity contribution is 5.83. The molecule has 0 radical (unpaired) electrons. The summed E-state index contributed by atoms with van der Waals surface area (Å²) in [4.78, 5) is 12.6. The molecule has 16 heavy (non-hydrogen) atoms. The van der Waals surface area contributed by atoms with E-state index in [9.17, 15) is 9.90 Å². The second kappa shape index (κ2) is 4.53. The van der Waals surface area contributed by atoms with E-state index < -0.39 is 6.10 Å². The average molecular weight is 220 g/mol. The molecule has 1 heterocycles. The van der Waals surface area contributed by atoms with Crippen molar-refractivity contribution < 1.29 is 9.90 Å². The number of rotatable bonds is 2. The van der Waals surface area contributed by atoms with E-state index in [-0.39, 0.29) is 0 Å². The molecule has 0 spiro atoms. The number of hydrogen-bond acceptors (Lipinski definition) is 3. The smallest absolute Gasteiger partial charge is 0.211 e. The van der Waals surface area contributed by atoms with Gasteiger partial charge in [-0.05, 0) is 18.9 Å². The number of benzene rings is 1. The number of fused-ring (bicyclic) bond motifs is 1. The van der Waals surface area contributed by atoms with E-state index in [4.69, 9.17) is 0 Å². The quantitative estimate of drug-likeness (QED) is 0.743. The van der Waals surface area contributed by atoms with Gasteiger partial charge < -0.3 is 15.3 Å². The van der Waals surface area contributed by atoms with Gasteiger partial charge in [0.2, 0.25) is 6.41 Å². The Morgan fingerprint density at radius 2 is 2.38 bits per heavy atom. The first-order valence-corrected chi connectivity index (χ1v) is 5.46. The van der Waals surface area contributed by atoms with Crippen molar-refractivity contribution in [1.82, 2.24) is 0 Å². The van der Waals surface area contributed by atoms with Gasteiger partial charge in [-0.3, -0.25) is 4.79 Å². The first-order chi connectivity index (χ1) is 7.74. The summed E-state index contributed by atoms with van der Waals surface area (Å²) in [6.45, 7) is 0.890. The summed E-state index contributed by atoms with van der Waals surface area (Å²) in [5.74, 6) is 0. The number of hydrogen-bond donors (Lipinski definition) is 2. The minimum absolute atomic E-state index is 0.437. The minimum Gasteiger partial charge on any atom is -0.388 e. The lowest BCUT2D eigenvalue weighted by molar-refractivity contribution is -0.105. The van der Waals surface area contributed by atoms with E-state index in [1.165, 1.54) is 0 Å². The van der Waals surface area contributed by atoms with Gasteiger partial charge in [0.15, 0.2) is 0 Å². The highest BCUT2D eigenvalue weighted by Gasteiger charge is 2.21. The van der Waals surface area contributed by atoms with Crippen LogP contribution in [-0.2, 0) is 4.79 Å². The number of nitrogens with one attached hydrogen (secondary N) is 1. The molecule has 1 aliphatic heterocycles. The van der Waals surface area contributed by atoms with E-state index in [0.29, 0.717) is 6.41 Å². The van der Waals surface area contributed by atoms with Crippen LogP contribution in [0.1, 0.15) is 24.5 Å². The van der Waals surface area contributed by atoms with E-state index >= 15 is 0 Å². The molecule has 1 amide bonds. The van der Waals surface area contributed by atoms with Crippen molar-refractivity contribution in [1.29, 1.82) is 0 Å². The Labute approximate surface area is 94.9 Å². The molecule has 1 unspecified atom stereocenters. The summed E-state index contributed by atoms with van der Waals surface area (Å²) in [5, 5.41) is 12.7. The van der Waals surface area contributed by atoms with Gasteiger partial charge in [0.1, 0.15) is 0 Å². The molecule has 1 aromatic rings. The second-order valence-electron chi connectivity index (χ2n) is 4.09. The summed E-state index contributed by atoms with van der Waals surface area (Å²) >= 11 is 0. The molecule has 4 nitrogen and oxygen atoms in total. The van der Waals surface area contributed by atoms with Gasteiger partial charge in [-0.2, -0.15) is 0 Å². The lowest BCUT2D eigenvalue weighted by Crippen LogP contribution is -2.19. The molecule has 1 aliphatic rings. The third-order valence-electron chi connectivity index (χ3n) is 2.99. The molecule has 1 aromatic carbocycles. The van der Waals surface area contributed by atoms with Crippen molar-refractivity contribution in [2.75, 3.05) is 23.8 Å². The van der Waals surface area contributed by atoms with Crippen molar-refractivity contribution in [2.24, 2.45) is 0 Å². The molecular weight excluding hydrogens is 204 g/mol. The standard InChI is InChI=1S/C12H16N2O2/c1-14-7-3-6-11(16)9-4-2-5-10(12(9)14)13-8-15/h2,4-5,8,11,16H,3,6-7H2,1H3,(H,13,15). The van der Waals surface area contributed by atoms with Gasteiger partial charge in [0.25, 0.3) is 0 Å². The number of aliphatic hydroxyl groups is 1. The molecule has 2 N–H and O–H groups in total. The van der Waals surface area contributed by atoms with Crippen molar-refractivity contribution in [2.45, 2.75) is 18.9 Å². The van der Waals surface area contributed by atoms with Crippen molar-refractivity contribution >= 4 is 17.8 Å². The maximum atomic E-state index is 10.5. The number of carbonyl (C=O) groups excluding carboxylic acids is 1. The van der Waals surface area contributed by atoms with E-state index in [1.54, 1.807) is 0 Å². The van der Waals surface area contributed by atoms with Gasteiger partial charge >= 0.3 is 0 Å². The number of anilines is 2. The third kappa shape index (κ3) is 1.88. The summed E-state index contributed by atoms with van der Waals surface area (Å²) in [6, 6.07) is 5.62. The Morgan fingerprint density at radius 3 is 3.12 bits per heavy atom. The fourth-order valence-corrected chi connectivity index (χ4v) is 2.23. The molecule has 1 atom stereocenters. The number of amides is 1. The van der Waals surface area contributed by atoms with Crippen LogP contribution in [0.5, 0.6) is 0 Å². The fraction of sp³-hybridized carbons (Fsp3) is 0.417. The number of aliphatic hydroxyl groups excluding tert-OH is 1. The topological polar surface area (TPSA) is 52.6 Å². The highest BCUT2D eigenvalue weighted by atomic mass is 16.3. The van der Waals surface area contributed by atoms with E-state index in [1.807, 2.05) is 25.2 Å². The van der Waals surface area contributed by atoms with Gasteiger partial charge in [-0.1, -0.05) is 12.1 Å². The number of carbonyl (C=O) groups is 1. The first-order valence-electron chi connectivity index (χ1n) is 5.46. The molecule has 86 valence electrons. The Bertz CT molecular complexity index is 393. The summed E-state index contributed by atoms with van der Waals surface area (Å²) in [7, 11) is 1.98. The average Bonchev–Trinajstić information content (AvgIpc) is 2.41. The molecule has 0 fully saturated rings. The first kappa shape index (κ1) is 11.0.